The van der Waals surface area contributed by atoms with E-state index >= 15 is 0 Å². The Labute approximate surface area is 70.1 Å². The molecule has 1 fully saturated rings. The van der Waals surface area contributed by atoms with E-state index in [-0.39, 0.29) is 18.9 Å². The number of nitrogens with two attached hydrogens (primary N) is 1. The second-order valence-corrected chi connectivity index (χ2v) is 3.51. The predicted octanol–water partition coefficient (Wildman–Crippen LogP) is 2.46. The van der Waals surface area contributed by atoms with Gasteiger partial charge in [0, 0.05) is 6.04 Å². The Balaban J connectivity index is 2.46. The van der Waals surface area contributed by atoms with Crippen LogP contribution in [0.1, 0.15) is 32.1 Å². The minimum atomic E-state index is -4.01. The Kier molecular flexibility index (Phi) is 2.99. The van der Waals surface area contributed by atoms with E-state index in [1.807, 2.05) is 0 Å². The van der Waals surface area contributed by atoms with Crippen LogP contribution in [-0.2, 0) is 0 Å². The molecule has 1 aliphatic rings. The van der Waals surface area contributed by atoms with Gasteiger partial charge < -0.3 is 5.73 Å². The SMILES string of the molecule is N[C@@H]1CCC[C@H](C(F)(F)F)CC1. The molecular weight excluding hydrogens is 167 g/mol. The van der Waals surface area contributed by atoms with Crippen molar-refractivity contribution in [2.24, 2.45) is 11.7 Å². The first kappa shape index (κ1) is 9.84. The van der Waals surface area contributed by atoms with E-state index in [9.17, 15) is 13.2 Å². The predicted molar refractivity (Wildman–Crippen MR) is 40.6 cm³/mol. The van der Waals surface area contributed by atoms with Gasteiger partial charge in [-0.3, -0.25) is 0 Å². The standard InChI is InChI=1S/C8H14F3N/c9-8(10,11)6-2-1-3-7(12)5-4-6/h6-7H,1-5,12H2/t6-,7+/m0/s1. The average molecular weight is 181 g/mol. The molecule has 1 aliphatic carbocycles. The van der Waals surface area contributed by atoms with E-state index in [2.05, 4.69) is 0 Å². The zero-order valence-electron chi connectivity index (χ0n) is 6.90. The first-order valence-corrected chi connectivity index (χ1v) is 4.32. The molecule has 0 aromatic rings. The lowest BCUT2D eigenvalue weighted by Gasteiger charge is -2.17. The highest BCUT2D eigenvalue weighted by Crippen LogP contribution is 2.36. The molecular formula is C8H14F3N. The van der Waals surface area contributed by atoms with Crippen molar-refractivity contribution in [2.45, 2.75) is 44.3 Å². The second-order valence-electron chi connectivity index (χ2n) is 3.51. The lowest BCUT2D eigenvalue weighted by Crippen LogP contribution is -2.23. The minimum absolute atomic E-state index is 0.0163. The van der Waals surface area contributed by atoms with Crippen LogP contribution in [0.3, 0.4) is 0 Å². The van der Waals surface area contributed by atoms with Gasteiger partial charge in [0.25, 0.3) is 0 Å². The van der Waals surface area contributed by atoms with Gasteiger partial charge in [-0.05, 0) is 25.7 Å². The fraction of sp³-hybridized carbons (Fsp3) is 1.00. The molecule has 0 saturated heterocycles. The van der Waals surface area contributed by atoms with Crippen LogP contribution in [0, 0.1) is 5.92 Å². The number of hydrogen-bond acceptors (Lipinski definition) is 1. The van der Waals surface area contributed by atoms with Crippen LogP contribution in [0.2, 0.25) is 0 Å². The third-order valence-corrected chi connectivity index (χ3v) is 2.48. The molecule has 0 unspecified atom stereocenters. The molecule has 1 rings (SSSR count). The third-order valence-electron chi connectivity index (χ3n) is 2.48. The second kappa shape index (κ2) is 3.64. The summed E-state index contributed by atoms with van der Waals surface area (Å²) in [5.74, 6) is -1.11. The lowest BCUT2D eigenvalue weighted by molar-refractivity contribution is -0.177. The summed E-state index contributed by atoms with van der Waals surface area (Å²) >= 11 is 0. The summed E-state index contributed by atoms with van der Waals surface area (Å²) in [5.41, 5.74) is 5.57. The van der Waals surface area contributed by atoms with E-state index < -0.39 is 12.1 Å². The van der Waals surface area contributed by atoms with Crippen molar-refractivity contribution in [1.82, 2.24) is 0 Å². The van der Waals surface area contributed by atoms with Crippen LogP contribution in [0.4, 0.5) is 13.2 Å². The van der Waals surface area contributed by atoms with E-state index in [0.717, 1.165) is 6.42 Å². The largest absolute Gasteiger partial charge is 0.391 e. The summed E-state index contributed by atoms with van der Waals surface area (Å²) in [6, 6.07) is -0.0163. The van der Waals surface area contributed by atoms with Gasteiger partial charge in [-0.1, -0.05) is 6.42 Å². The Morgan fingerprint density at radius 1 is 1.00 bits per heavy atom. The van der Waals surface area contributed by atoms with Crippen LogP contribution in [0.25, 0.3) is 0 Å². The van der Waals surface area contributed by atoms with Crippen molar-refractivity contribution >= 4 is 0 Å². The highest BCUT2D eigenvalue weighted by molar-refractivity contribution is 4.76. The molecule has 0 spiro atoms. The molecule has 0 aromatic heterocycles. The molecule has 12 heavy (non-hydrogen) atoms. The molecule has 72 valence electrons. The number of alkyl halides is 3. The molecule has 0 amide bonds. The minimum Gasteiger partial charge on any atom is -0.328 e. The van der Waals surface area contributed by atoms with Gasteiger partial charge in [-0.25, -0.2) is 0 Å². The van der Waals surface area contributed by atoms with Crippen LogP contribution in [0.15, 0.2) is 0 Å². The van der Waals surface area contributed by atoms with E-state index in [1.165, 1.54) is 0 Å². The fourth-order valence-electron chi connectivity index (χ4n) is 1.66. The van der Waals surface area contributed by atoms with Gasteiger partial charge in [-0.15, -0.1) is 0 Å². The third kappa shape index (κ3) is 2.66. The van der Waals surface area contributed by atoms with Crippen LogP contribution < -0.4 is 5.73 Å². The molecule has 1 saturated carbocycles. The zero-order valence-corrected chi connectivity index (χ0v) is 6.90. The molecule has 0 radical (unpaired) electrons. The average Bonchev–Trinajstić information content (AvgIpc) is 2.11. The maximum Gasteiger partial charge on any atom is 0.391 e. The van der Waals surface area contributed by atoms with Crippen molar-refractivity contribution < 1.29 is 13.2 Å². The molecule has 2 N–H and O–H groups in total. The highest BCUT2D eigenvalue weighted by atomic mass is 19.4. The van der Waals surface area contributed by atoms with Gasteiger partial charge in [0.1, 0.15) is 0 Å². The smallest absolute Gasteiger partial charge is 0.328 e. The summed E-state index contributed by atoms with van der Waals surface area (Å²) in [7, 11) is 0. The zero-order chi connectivity index (χ0) is 9.19. The molecule has 0 aromatic carbocycles. The van der Waals surface area contributed by atoms with Crippen LogP contribution >= 0.6 is 0 Å². The van der Waals surface area contributed by atoms with Crippen LogP contribution in [0.5, 0.6) is 0 Å². The first-order valence-electron chi connectivity index (χ1n) is 4.32. The van der Waals surface area contributed by atoms with Crippen molar-refractivity contribution in [3.63, 3.8) is 0 Å². The maximum atomic E-state index is 12.2. The van der Waals surface area contributed by atoms with Gasteiger partial charge in [0.2, 0.25) is 0 Å². The molecule has 1 nitrogen and oxygen atoms in total. The number of halogens is 3. The van der Waals surface area contributed by atoms with Gasteiger partial charge in [-0.2, -0.15) is 13.2 Å². The highest BCUT2D eigenvalue weighted by Gasteiger charge is 2.39. The maximum absolute atomic E-state index is 12.2. The van der Waals surface area contributed by atoms with Crippen molar-refractivity contribution in [3.05, 3.63) is 0 Å². The van der Waals surface area contributed by atoms with Gasteiger partial charge >= 0.3 is 6.18 Å². The molecule has 0 bridgehead atoms. The normalized spacial score (nSPS) is 33.0. The number of hydrogen-bond donors (Lipinski definition) is 1. The summed E-state index contributed by atoms with van der Waals surface area (Å²) in [6.45, 7) is 0. The van der Waals surface area contributed by atoms with E-state index in [4.69, 9.17) is 5.73 Å². The van der Waals surface area contributed by atoms with Crippen LogP contribution in [-0.4, -0.2) is 12.2 Å². The molecule has 0 heterocycles. The van der Waals surface area contributed by atoms with Gasteiger partial charge in [0.15, 0.2) is 0 Å². The lowest BCUT2D eigenvalue weighted by atomic mass is 10.00. The Morgan fingerprint density at radius 2 is 1.67 bits per heavy atom. The molecule has 4 heteroatoms. The Bertz CT molecular complexity index is 144. The monoisotopic (exact) mass is 181 g/mol. The van der Waals surface area contributed by atoms with Gasteiger partial charge in [0.05, 0.1) is 5.92 Å². The fourth-order valence-corrected chi connectivity index (χ4v) is 1.66. The summed E-state index contributed by atoms with van der Waals surface area (Å²) < 4.78 is 36.6. The summed E-state index contributed by atoms with van der Waals surface area (Å²) in [5, 5.41) is 0. The molecule has 2 atom stereocenters. The van der Waals surface area contributed by atoms with Crippen molar-refractivity contribution in [1.29, 1.82) is 0 Å². The van der Waals surface area contributed by atoms with Crippen molar-refractivity contribution in [3.8, 4) is 0 Å². The quantitative estimate of drug-likeness (QED) is 0.571. The Morgan fingerprint density at radius 3 is 2.25 bits per heavy atom. The molecule has 0 aliphatic heterocycles. The van der Waals surface area contributed by atoms with E-state index in [0.29, 0.717) is 12.8 Å². The van der Waals surface area contributed by atoms with E-state index in [1.54, 1.807) is 0 Å². The topological polar surface area (TPSA) is 26.0 Å². The first-order chi connectivity index (χ1) is 5.50. The number of rotatable bonds is 0. The summed E-state index contributed by atoms with van der Waals surface area (Å²) in [6.07, 6.45) is -1.66. The summed E-state index contributed by atoms with van der Waals surface area (Å²) in [4.78, 5) is 0. The Hall–Kier alpha value is -0.250. The van der Waals surface area contributed by atoms with Crippen molar-refractivity contribution in [2.75, 3.05) is 0 Å².